The van der Waals surface area contributed by atoms with Crippen LogP contribution in [0.3, 0.4) is 0 Å². The van der Waals surface area contributed by atoms with Crippen molar-refractivity contribution in [2.24, 2.45) is 0 Å². The molecule has 2 N–H and O–H groups in total. The van der Waals surface area contributed by atoms with Crippen LogP contribution in [0, 0.1) is 10.1 Å². The van der Waals surface area contributed by atoms with E-state index < -0.39 is 45.9 Å². The number of carbonyl (C=O) groups excluding carboxylic acids is 1. The molecule has 1 aromatic rings. The maximum Gasteiger partial charge on any atom is 0.364 e. The number of carboxylic acid groups (broad SMARTS) is 1. The first-order valence-corrected chi connectivity index (χ1v) is 5.59. The van der Waals surface area contributed by atoms with Crippen molar-refractivity contribution < 1.29 is 24.4 Å². The standard InChI is InChI=1S/C9H9ClN4O6/c1-2-20-8(17)5-6(14(18)19)7(11-3-4(15)16)13-9(10)12-5/h2-3H2,1H3,(H,15,16)(H,11,12,13). The maximum atomic E-state index is 11.6. The van der Waals surface area contributed by atoms with E-state index in [0.29, 0.717) is 0 Å². The highest BCUT2D eigenvalue weighted by Gasteiger charge is 2.30. The van der Waals surface area contributed by atoms with Gasteiger partial charge in [0.25, 0.3) is 0 Å². The number of esters is 1. The second-order valence-electron chi connectivity index (χ2n) is 3.26. The van der Waals surface area contributed by atoms with Gasteiger partial charge in [-0.2, -0.15) is 4.98 Å². The molecule has 0 saturated carbocycles. The summed E-state index contributed by atoms with van der Waals surface area (Å²) in [5.41, 5.74) is -1.45. The molecule has 0 fully saturated rings. The minimum Gasteiger partial charge on any atom is -0.480 e. The fraction of sp³-hybridized carbons (Fsp3) is 0.333. The Morgan fingerprint density at radius 2 is 2.15 bits per heavy atom. The number of rotatable bonds is 6. The van der Waals surface area contributed by atoms with Gasteiger partial charge in [0.1, 0.15) is 6.54 Å². The highest BCUT2D eigenvalue weighted by molar-refractivity contribution is 6.28. The fourth-order valence-corrected chi connectivity index (χ4v) is 1.39. The van der Waals surface area contributed by atoms with Crippen LogP contribution in [-0.4, -0.2) is 45.1 Å². The molecule has 11 heteroatoms. The fourth-order valence-electron chi connectivity index (χ4n) is 1.22. The average Bonchev–Trinajstić information content (AvgIpc) is 2.35. The Kier molecular flexibility index (Phi) is 5.15. The van der Waals surface area contributed by atoms with Gasteiger partial charge in [0.15, 0.2) is 0 Å². The summed E-state index contributed by atoms with van der Waals surface area (Å²) in [6, 6.07) is 0. The van der Waals surface area contributed by atoms with Gasteiger partial charge in [-0.25, -0.2) is 9.78 Å². The van der Waals surface area contributed by atoms with E-state index in [0.717, 1.165) is 0 Å². The van der Waals surface area contributed by atoms with Crippen LogP contribution in [0.15, 0.2) is 0 Å². The predicted octanol–water partition coefficient (Wildman–Crippen LogP) is 0.711. The van der Waals surface area contributed by atoms with Crippen LogP contribution in [0.5, 0.6) is 0 Å². The first kappa shape index (κ1) is 15.6. The Bertz CT molecular complexity index is 564. The number of nitro groups is 1. The molecule has 1 aromatic heterocycles. The second kappa shape index (κ2) is 6.61. The lowest BCUT2D eigenvalue weighted by Gasteiger charge is -2.07. The summed E-state index contributed by atoms with van der Waals surface area (Å²) in [5, 5.41) is 21.3. The van der Waals surface area contributed by atoms with Crippen LogP contribution < -0.4 is 5.32 Å². The Balaban J connectivity index is 3.32. The highest BCUT2D eigenvalue weighted by Crippen LogP contribution is 2.27. The molecule has 0 aromatic carbocycles. The number of halogens is 1. The summed E-state index contributed by atoms with van der Waals surface area (Å²) in [4.78, 5) is 39.1. The number of carbonyl (C=O) groups is 2. The van der Waals surface area contributed by atoms with Crippen molar-refractivity contribution in [1.29, 1.82) is 0 Å². The molecule has 0 saturated heterocycles. The number of nitrogens with zero attached hydrogens (tertiary/aromatic N) is 3. The minimum atomic E-state index is -1.27. The number of carboxylic acids is 1. The van der Waals surface area contributed by atoms with Crippen molar-refractivity contribution in [3.8, 4) is 0 Å². The smallest absolute Gasteiger partial charge is 0.364 e. The number of hydrogen-bond acceptors (Lipinski definition) is 8. The summed E-state index contributed by atoms with van der Waals surface area (Å²) in [7, 11) is 0. The molecule has 0 bridgehead atoms. The van der Waals surface area contributed by atoms with Crippen molar-refractivity contribution in [2.75, 3.05) is 18.5 Å². The van der Waals surface area contributed by atoms with Crippen molar-refractivity contribution in [3.05, 3.63) is 21.1 Å². The normalized spacial score (nSPS) is 9.90. The third-order valence-corrected chi connectivity index (χ3v) is 2.08. The molecule has 0 radical (unpaired) electrons. The molecule has 0 unspecified atom stereocenters. The topological polar surface area (TPSA) is 145 Å². The molecule has 0 amide bonds. The maximum absolute atomic E-state index is 11.6. The molecule has 0 aliphatic carbocycles. The quantitative estimate of drug-likeness (QED) is 0.336. The zero-order chi connectivity index (χ0) is 15.3. The summed E-state index contributed by atoms with van der Waals surface area (Å²) in [6.45, 7) is 0.849. The molecule has 20 heavy (non-hydrogen) atoms. The van der Waals surface area contributed by atoms with E-state index in [1.54, 1.807) is 0 Å². The third-order valence-electron chi connectivity index (χ3n) is 1.92. The van der Waals surface area contributed by atoms with Gasteiger partial charge in [0.05, 0.1) is 11.5 Å². The van der Waals surface area contributed by atoms with E-state index in [2.05, 4.69) is 20.0 Å². The SMILES string of the molecule is CCOC(=O)c1nc(Cl)nc(NCC(=O)O)c1[N+](=O)[O-]. The van der Waals surface area contributed by atoms with Crippen LogP contribution in [-0.2, 0) is 9.53 Å². The molecule has 1 rings (SSSR count). The molecule has 10 nitrogen and oxygen atoms in total. The molecule has 108 valence electrons. The van der Waals surface area contributed by atoms with Gasteiger partial charge in [-0.1, -0.05) is 0 Å². The van der Waals surface area contributed by atoms with Crippen LogP contribution in [0.2, 0.25) is 5.28 Å². The Hall–Kier alpha value is -2.49. The second-order valence-corrected chi connectivity index (χ2v) is 3.60. The van der Waals surface area contributed by atoms with E-state index >= 15 is 0 Å². The minimum absolute atomic E-state index is 0.0184. The van der Waals surface area contributed by atoms with E-state index in [-0.39, 0.29) is 6.61 Å². The summed E-state index contributed by atoms with van der Waals surface area (Å²) in [5.74, 6) is -2.80. The van der Waals surface area contributed by atoms with Crippen molar-refractivity contribution in [3.63, 3.8) is 0 Å². The third kappa shape index (κ3) is 3.75. The van der Waals surface area contributed by atoms with E-state index in [1.807, 2.05) is 0 Å². The number of anilines is 1. The summed E-state index contributed by atoms with van der Waals surface area (Å²) >= 11 is 5.55. The highest BCUT2D eigenvalue weighted by atomic mass is 35.5. The van der Waals surface area contributed by atoms with E-state index in [9.17, 15) is 19.7 Å². The van der Waals surface area contributed by atoms with Crippen molar-refractivity contribution in [2.45, 2.75) is 6.92 Å². The van der Waals surface area contributed by atoms with Crippen molar-refractivity contribution in [1.82, 2.24) is 9.97 Å². The number of ether oxygens (including phenoxy) is 1. The molecule has 0 atom stereocenters. The molecular weight excluding hydrogens is 296 g/mol. The molecular formula is C9H9ClN4O6. The van der Waals surface area contributed by atoms with Gasteiger partial charge in [0.2, 0.25) is 16.8 Å². The largest absolute Gasteiger partial charge is 0.480 e. The zero-order valence-electron chi connectivity index (χ0n) is 10.1. The molecule has 1 heterocycles. The van der Waals surface area contributed by atoms with Crippen LogP contribution in [0.4, 0.5) is 11.5 Å². The van der Waals surface area contributed by atoms with Crippen LogP contribution in [0.1, 0.15) is 17.4 Å². The molecule has 0 spiro atoms. The summed E-state index contributed by atoms with van der Waals surface area (Å²) in [6.07, 6.45) is 0. The van der Waals surface area contributed by atoms with Crippen LogP contribution >= 0.6 is 11.6 Å². The Morgan fingerprint density at radius 1 is 1.50 bits per heavy atom. The number of aromatic nitrogens is 2. The Labute approximate surface area is 116 Å². The molecule has 0 aliphatic rings. The first-order valence-electron chi connectivity index (χ1n) is 5.21. The lowest BCUT2D eigenvalue weighted by atomic mass is 10.3. The van der Waals surface area contributed by atoms with Gasteiger partial charge < -0.3 is 15.2 Å². The van der Waals surface area contributed by atoms with Gasteiger partial charge in [-0.05, 0) is 18.5 Å². The Morgan fingerprint density at radius 3 is 2.65 bits per heavy atom. The number of aliphatic carboxylic acids is 1. The van der Waals surface area contributed by atoms with Gasteiger partial charge in [-0.15, -0.1) is 0 Å². The first-order chi connectivity index (χ1) is 9.36. The number of hydrogen-bond donors (Lipinski definition) is 2. The average molecular weight is 305 g/mol. The lowest BCUT2D eigenvalue weighted by Crippen LogP contribution is -2.18. The predicted molar refractivity (Wildman–Crippen MR) is 65.8 cm³/mol. The van der Waals surface area contributed by atoms with Gasteiger partial charge in [0, 0.05) is 0 Å². The van der Waals surface area contributed by atoms with E-state index in [1.165, 1.54) is 6.92 Å². The summed E-state index contributed by atoms with van der Waals surface area (Å²) < 4.78 is 4.62. The lowest BCUT2D eigenvalue weighted by molar-refractivity contribution is -0.384. The van der Waals surface area contributed by atoms with Gasteiger partial charge in [-0.3, -0.25) is 14.9 Å². The van der Waals surface area contributed by atoms with E-state index in [4.69, 9.17) is 16.7 Å². The zero-order valence-corrected chi connectivity index (χ0v) is 10.9. The van der Waals surface area contributed by atoms with Crippen molar-refractivity contribution >= 4 is 35.0 Å². The van der Waals surface area contributed by atoms with Crippen LogP contribution in [0.25, 0.3) is 0 Å². The van der Waals surface area contributed by atoms with Gasteiger partial charge >= 0.3 is 17.6 Å². The molecule has 0 aliphatic heterocycles. The monoisotopic (exact) mass is 304 g/mol. The number of nitrogens with one attached hydrogen (secondary N) is 1.